The topological polar surface area (TPSA) is 55.4 Å². The molecule has 0 saturated carbocycles. The van der Waals surface area contributed by atoms with Gasteiger partial charge in [0.1, 0.15) is 5.54 Å². The quantitative estimate of drug-likeness (QED) is 0.822. The summed E-state index contributed by atoms with van der Waals surface area (Å²) >= 11 is 0. The SMILES string of the molecule is CCc1cc(C)c(CC(=O)NC(C)(C)C(=O)OC)c(CC)c1. The van der Waals surface area contributed by atoms with Crippen molar-refractivity contribution in [2.24, 2.45) is 0 Å². The van der Waals surface area contributed by atoms with Crippen molar-refractivity contribution in [2.45, 2.75) is 59.4 Å². The predicted molar refractivity (Wildman–Crippen MR) is 87.9 cm³/mol. The van der Waals surface area contributed by atoms with Gasteiger partial charge in [0.15, 0.2) is 0 Å². The molecule has 4 nitrogen and oxygen atoms in total. The number of hydrogen-bond acceptors (Lipinski definition) is 3. The second-order valence-corrected chi connectivity index (χ2v) is 6.10. The second kappa shape index (κ2) is 7.43. The Morgan fingerprint density at radius 1 is 1.18 bits per heavy atom. The Balaban J connectivity index is 2.95. The van der Waals surface area contributed by atoms with Crippen LogP contribution < -0.4 is 5.32 Å². The van der Waals surface area contributed by atoms with Gasteiger partial charge in [0, 0.05) is 0 Å². The van der Waals surface area contributed by atoms with E-state index in [-0.39, 0.29) is 12.3 Å². The Morgan fingerprint density at radius 2 is 1.82 bits per heavy atom. The van der Waals surface area contributed by atoms with Gasteiger partial charge in [0.25, 0.3) is 0 Å². The van der Waals surface area contributed by atoms with Crippen molar-refractivity contribution in [1.82, 2.24) is 5.32 Å². The lowest BCUT2D eigenvalue weighted by molar-refractivity contribution is -0.149. The number of aryl methyl sites for hydroxylation is 3. The summed E-state index contributed by atoms with van der Waals surface area (Å²) in [6.07, 6.45) is 2.15. The fourth-order valence-electron chi connectivity index (χ4n) is 2.60. The third-order valence-electron chi connectivity index (χ3n) is 3.90. The zero-order chi connectivity index (χ0) is 16.9. The number of rotatable bonds is 6. The Morgan fingerprint density at radius 3 is 2.32 bits per heavy atom. The van der Waals surface area contributed by atoms with Crippen LogP contribution in [-0.2, 0) is 33.6 Å². The van der Waals surface area contributed by atoms with E-state index < -0.39 is 11.5 Å². The lowest BCUT2D eigenvalue weighted by atomic mass is 9.93. The maximum absolute atomic E-state index is 12.3. The molecule has 0 aromatic heterocycles. The van der Waals surface area contributed by atoms with Crippen LogP contribution in [0.15, 0.2) is 12.1 Å². The highest BCUT2D eigenvalue weighted by Gasteiger charge is 2.30. The zero-order valence-electron chi connectivity index (χ0n) is 14.5. The highest BCUT2D eigenvalue weighted by Crippen LogP contribution is 2.20. The average molecular weight is 305 g/mol. The van der Waals surface area contributed by atoms with Crippen LogP contribution in [0, 0.1) is 6.92 Å². The molecule has 1 rings (SSSR count). The molecule has 0 aliphatic rings. The molecule has 4 heteroatoms. The van der Waals surface area contributed by atoms with Gasteiger partial charge in [0.2, 0.25) is 5.91 Å². The first-order chi connectivity index (χ1) is 10.2. The molecular weight excluding hydrogens is 278 g/mol. The Bertz CT molecular complexity index is 562. The molecule has 0 radical (unpaired) electrons. The van der Waals surface area contributed by atoms with Crippen molar-refractivity contribution in [3.63, 3.8) is 0 Å². The minimum absolute atomic E-state index is 0.169. The molecule has 0 saturated heterocycles. The summed E-state index contributed by atoms with van der Waals surface area (Å²) in [5.74, 6) is -0.618. The van der Waals surface area contributed by atoms with E-state index in [0.717, 1.165) is 24.0 Å². The first kappa shape index (κ1) is 18.2. The van der Waals surface area contributed by atoms with E-state index in [1.165, 1.54) is 18.2 Å². The van der Waals surface area contributed by atoms with Gasteiger partial charge in [0.05, 0.1) is 13.5 Å². The molecule has 0 unspecified atom stereocenters. The molecule has 1 aromatic carbocycles. The van der Waals surface area contributed by atoms with Crippen LogP contribution in [0.5, 0.6) is 0 Å². The molecule has 0 heterocycles. The van der Waals surface area contributed by atoms with Gasteiger partial charge in [-0.1, -0.05) is 26.0 Å². The van der Waals surface area contributed by atoms with Crippen molar-refractivity contribution in [2.75, 3.05) is 7.11 Å². The van der Waals surface area contributed by atoms with E-state index in [2.05, 4.69) is 31.3 Å². The normalized spacial score (nSPS) is 11.2. The molecule has 22 heavy (non-hydrogen) atoms. The van der Waals surface area contributed by atoms with Crippen molar-refractivity contribution < 1.29 is 14.3 Å². The van der Waals surface area contributed by atoms with E-state index in [9.17, 15) is 9.59 Å². The molecule has 122 valence electrons. The molecule has 0 aliphatic heterocycles. The van der Waals surface area contributed by atoms with Gasteiger partial charge >= 0.3 is 5.97 Å². The molecule has 1 N–H and O–H groups in total. The van der Waals surface area contributed by atoms with Gasteiger partial charge in [-0.15, -0.1) is 0 Å². The van der Waals surface area contributed by atoms with Gasteiger partial charge in [-0.05, 0) is 55.9 Å². The zero-order valence-corrected chi connectivity index (χ0v) is 14.5. The van der Waals surface area contributed by atoms with Gasteiger partial charge in [-0.3, -0.25) is 4.79 Å². The van der Waals surface area contributed by atoms with Crippen LogP contribution in [0.1, 0.15) is 49.9 Å². The maximum atomic E-state index is 12.3. The van der Waals surface area contributed by atoms with E-state index in [1.54, 1.807) is 13.8 Å². The Labute approximate surface area is 133 Å². The standard InChI is InChI=1S/C18H27NO3/c1-7-13-9-12(3)15(14(8-2)10-13)11-16(20)19-18(4,5)17(21)22-6/h9-10H,7-8,11H2,1-6H3,(H,19,20). The lowest BCUT2D eigenvalue weighted by Crippen LogP contribution is -2.50. The summed E-state index contributed by atoms with van der Waals surface area (Å²) in [7, 11) is 1.32. The summed E-state index contributed by atoms with van der Waals surface area (Å²) in [5.41, 5.74) is 3.64. The fraction of sp³-hybridized carbons (Fsp3) is 0.556. The monoisotopic (exact) mass is 305 g/mol. The molecule has 0 fully saturated rings. The van der Waals surface area contributed by atoms with E-state index >= 15 is 0 Å². The van der Waals surface area contributed by atoms with Crippen molar-refractivity contribution >= 4 is 11.9 Å². The largest absolute Gasteiger partial charge is 0.467 e. The van der Waals surface area contributed by atoms with Crippen LogP contribution >= 0.6 is 0 Å². The van der Waals surface area contributed by atoms with Gasteiger partial charge in [-0.2, -0.15) is 0 Å². The number of nitrogens with one attached hydrogen (secondary N) is 1. The van der Waals surface area contributed by atoms with Crippen LogP contribution in [0.3, 0.4) is 0 Å². The smallest absolute Gasteiger partial charge is 0.330 e. The maximum Gasteiger partial charge on any atom is 0.330 e. The van der Waals surface area contributed by atoms with Crippen molar-refractivity contribution in [1.29, 1.82) is 0 Å². The molecule has 1 aromatic rings. The number of carbonyl (C=O) groups is 2. The number of esters is 1. The summed E-state index contributed by atoms with van der Waals surface area (Å²) in [6, 6.07) is 4.30. The van der Waals surface area contributed by atoms with Crippen molar-refractivity contribution in [3.8, 4) is 0 Å². The molecule has 0 bridgehead atoms. The number of methoxy groups -OCH3 is 1. The van der Waals surface area contributed by atoms with E-state index in [4.69, 9.17) is 4.74 Å². The summed E-state index contributed by atoms with van der Waals surface area (Å²) in [4.78, 5) is 24.0. The number of ether oxygens (including phenoxy) is 1. The van der Waals surface area contributed by atoms with Gasteiger partial charge in [-0.25, -0.2) is 4.79 Å². The molecule has 0 spiro atoms. The first-order valence-corrected chi connectivity index (χ1v) is 7.75. The third kappa shape index (κ3) is 4.33. The van der Waals surface area contributed by atoms with Crippen LogP contribution in [0.25, 0.3) is 0 Å². The molecule has 0 aliphatic carbocycles. The van der Waals surface area contributed by atoms with Crippen LogP contribution in [0.2, 0.25) is 0 Å². The minimum atomic E-state index is -1.02. The van der Waals surface area contributed by atoms with E-state index in [1.807, 2.05) is 6.92 Å². The predicted octanol–water partition coefficient (Wildman–Crippen LogP) is 2.73. The summed E-state index contributed by atoms with van der Waals surface area (Å²) in [6.45, 7) is 9.54. The number of hydrogen-bond donors (Lipinski definition) is 1. The third-order valence-corrected chi connectivity index (χ3v) is 3.90. The molecule has 0 atom stereocenters. The summed E-state index contributed by atoms with van der Waals surface area (Å²) in [5, 5.41) is 2.75. The molecular formula is C18H27NO3. The highest BCUT2D eigenvalue weighted by atomic mass is 16.5. The Hall–Kier alpha value is -1.84. The number of amides is 1. The highest BCUT2D eigenvalue weighted by molar-refractivity contribution is 5.88. The van der Waals surface area contributed by atoms with Crippen LogP contribution in [0.4, 0.5) is 0 Å². The van der Waals surface area contributed by atoms with Gasteiger partial charge < -0.3 is 10.1 Å². The first-order valence-electron chi connectivity index (χ1n) is 7.75. The minimum Gasteiger partial charge on any atom is -0.467 e. The number of carbonyl (C=O) groups excluding carboxylic acids is 2. The number of benzene rings is 1. The lowest BCUT2D eigenvalue weighted by Gasteiger charge is -2.23. The van der Waals surface area contributed by atoms with E-state index in [0.29, 0.717) is 0 Å². The fourth-order valence-corrected chi connectivity index (χ4v) is 2.60. The average Bonchev–Trinajstić information content (AvgIpc) is 2.47. The molecule has 1 amide bonds. The Kier molecular flexibility index (Phi) is 6.15. The van der Waals surface area contributed by atoms with Crippen molar-refractivity contribution in [3.05, 3.63) is 34.4 Å². The summed E-state index contributed by atoms with van der Waals surface area (Å²) < 4.78 is 4.71. The van der Waals surface area contributed by atoms with Crippen LogP contribution in [-0.4, -0.2) is 24.5 Å². The second-order valence-electron chi connectivity index (χ2n) is 6.10.